The standard InChI is InChI=1S/C31H41N5O6S2.ClH/c1-4-5-19-36(31(37)32-26-7-6-8-27(22-26)34-44(3,40)41)28-17-20-35(21-18-28)23-24-9-13-29(14-10-24)42-30-15-11-25(12-16-30)33-43(2,38)39;/h6-16,22,28,33-34H,4-5,17-21,23H2,1-3H3,(H,32,37);1H. The Labute approximate surface area is 272 Å². The predicted octanol–water partition coefficient (Wildman–Crippen LogP) is 5.94. The van der Waals surface area contributed by atoms with Gasteiger partial charge in [-0.3, -0.25) is 14.3 Å². The van der Waals surface area contributed by atoms with E-state index in [0.717, 1.165) is 63.4 Å². The van der Waals surface area contributed by atoms with Crippen molar-refractivity contribution in [3.8, 4) is 11.5 Å². The van der Waals surface area contributed by atoms with Gasteiger partial charge in [0.15, 0.2) is 0 Å². The molecule has 1 aliphatic rings. The van der Waals surface area contributed by atoms with Gasteiger partial charge in [0.2, 0.25) is 20.0 Å². The molecule has 3 aromatic carbocycles. The lowest BCUT2D eigenvalue weighted by atomic mass is 10.0. The van der Waals surface area contributed by atoms with Gasteiger partial charge in [-0.15, -0.1) is 12.4 Å². The second kappa shape index (κ2) is 16.2. The lowest BCUT2D eigenvalue weighted by Crippen LogP contribution is -2.49. The first-order chi connectivity index (χ1) is 20.9. The number of sulfonamides is 2. The normalized spacial score (nSPS) is 14.2. The van der Waals surface area contributed by atoms with Gasteiger partial charge >= 0.3 is 6.03 Å². The number of hydrogen-bond acceptors (Lipinski definition) is 7. The third-order valence-electron chi connectivity index (χ3n) is 7.15. The van der Waals surface area contributed by atoms with Crippen molar-refractivity contribution in [3.63, 3.8) is 0 Å². The van der Waals surface area contributed by atoms with E-state index in [4.69, 9.17) is 4.74 Å². The Morgan fingerprint density at radius 2 is 1.40 bits per heavy atom. The molecule has 1 saturated heterocycles. The van der Waals surface area contributed by atoms with E-state index in [1.807, 2.05) is 29.2 Å². The minimum atomic E-state index is -3.42. The fourth-order valence-electron chi connectivity index (χ4n) is 5.10. The van der Waals surface area contributed by atoms with Crippen LogP contribution < -0.4 is 19.5 Å². The van der Waals surface area contributed by atoms with Crippen LogP contribution >= 0.6 is 12.4 Å². The van der Waals surface area contributed by atoms with Crippen LogP contribution in [-0.2, 0) is 26.6 Å². The van der Waals surface area contributed by atoms with E-state index in [9.17, 15) is 21.6 Å². The summed E-state index contributed by atoms with van der Waals surface area (Å²) in [6.07, 6.45) is 5.79. The number of likely N-dealkylation sites (tertiary alicyclic amines) is 1. The molecule has 0 saturated carbocycles. The molecule has 0 atom stereocenters. The number of halogens is 1. The second-order valence-corrected chi connectivity index (χ2v) is 14.6. The molecule has 0 unspecified atom stereocenters. The summed E-state index contributed by atoms with van der Waals surface area (Å²) in [5, 5.41) is 2.96. The van der Waals surface area contributed by atoms with Crippen LogP contribution in [-0.4, -0.2) is 70.9 Å². The van der Waals surface area contributed by atoms with Crippen molar-refractivity contribution >= 4 is 55.5 Å². The van der Waals surface area contributed by atoms with Gasteiger partial charge in [-0.2, -0.15) is 0 Å². The number of benzene rings is 3. The van der Waals surface area contributed by atoms with Gasteiger partial charge in [0.1, 0.15) is 11.5 Å². The number of amides is 2. The molecule has 0 radical (unpaired) electrons. The highest BCUT2D eigenvalue weighted by molar-refractivity contribution is 7.92. The van der Waals surface area contributed by atoms with Crippen molar-refractivity contribution in [2.24, 2.45) is 0 Å². The lowest BCUT2D eigenvalue weighted by Gasteiger charge is -2.38. The Hall–Kier alpha value is -3.52. The van der Waals surface area contributed by atoms with Crippen LogP contribution in [0.1, 0.15) is 38.2 Å². The molecule has 1 aliphatic heterocycles. The number of nitrogens with zero attached hydrogens (tertiary/aromatic N) is 2. The minimum absolute atomic E-state index is 0. The Morgan fingerprint density at radius 3 is 1.98 bits per heavy atom. The zero-order chi connectivity index (χ0) is 31.7. The summed E-state index contributed by atoms with van der Waals surface area (Å²) in [6.45, 7) is 5.28. The van der Waals surface area contributed by atoms with Gasteiger partial charge in [0.25, 0.3) is 0 Å². The Bertz CT molecular complexity index is 1610. The molecule has 45 heavy (non-hydrogen) atoms. The minimum Gasteiger partial charge on any atom is -0.457 e. The molecular weight excluding hydrogens is 638 g/mol. The highest BCUT2D eigenvalue weighted by atomic mass is 35.5. The van der Waals surface area contributed by atoms with Crippen molar-refractivity contribution in [3.05, 3.63) is 78.4 Å². The van der Waals surface area contributed by atoms with Crippen LogP contribution in [0.4, 0.5) is 21.9 Å². The monoisotopic (exact) mass is 679 g/mol. The number of urea groups is 1. The SMILES string of the molecule is CCCCN(C(=O)Nc1cccc(NS(C)(=O)=O)c1)C1CCN(Cc2ccc(Oc3ccc(NS(C)(=O)=O)cc3)cc2)CC1.Cl. The molecular formula is C31H42ClN5O6S2. The van der Waals surface area contributed by atoms with E-state index in [1.165, 1.54) is 0 Å². The maximum Gasteiger partial charge on any atom is 0.322 e. The first-order valence-corrected chi connectivity index (χ1v) is 18.4. The summed E-state index contributed by atoms with van der Waals surface area (Å²) in [5.41, 5.74) is 2.57. The smallest absolute Gasteiger partial charge is 0.322 e. The third-order valence-corrected chi connectivity index (χ3v) is 8.36. The first kappa shape index (κ1) is 36.0. The molecule has 1 heterocycles. The maximum atomic E-state index is 13.3. The highest BCUT2D eigenvalue weighted by Gasteiger charge is 2.28. The summed E-state index contributed by atoms with van der Waals surface area (Å²) in [7, 11) is -6.75. The van der Waals surface area contributed by atoms with E-state index in [1.54, 1.807) is 48.5 Å². The summed E-state index contributed by atoms with van der Waals surface area (Å²) in [4.78, 5) is 17.7. The number of carbonyl (C=O) groups excluding carboxylic acids is 1. The van der Waals surface area contributed by atoms with Crippen LogP contribution in [0.5, 0.6) is 11.5 Å². The van der Waals surface area contributed by atoms with Crippen molar-refractivity contribution in [2.45, 2.75) is 45.2 Å². The van der Waals surface area contributed by atoms with Crippen LogP contribution in [0.15, 0.2) is 72.8 Å². The molecule has 3 aromatic rings. The number of rotatable bonds is 13. The van der Waals surface area contributed by atoms with E-state index >= 15 is 0 Å². The predicted molar refractivity (Wildman–Crippen MR) is 183 cm³/mol. The fourth-order valence-corrected chi connectivity index (χ4v) is 6.22. The Morgan fingerprint density at radius 1 is 0.844 bits per heavy atom. The molecule has 0 aliphatic carbocycles. The fraction of sp³-hybridized carbons (Fsp3) is 0.387. The molecule has 1 fully saturated rings. The molecule has 0 spiro atoms. The Kier molecular flexibility index (Phi) is 12.9. The lowest BCUT2D eigenvalue weighted by molar-refractivity contribution is 0.122. The van der Waals surface area contributed by atoms with Gasteiger partial charge < -0.3 is 15.0 Å². The average Bonchev–Trinajstić information content (AvgIpc) is 2.95. The number of anilines is 3. The quantitative estimate of drug-likeness (QED) is 0.203. The van der Waals surface area contributed by atoms with Gasteiger partial charge in [0.05, 0.1) is 18.2 Å². The van der Waals surface area contributed by atoms with E-state index < -0.39 is 20.0 Å². The van der Waals surface area contributed by atoms with Crippen molar-refractivity contribution < 1.29 is 26.4 Å². The van der Waals surface area contributed by atoms with Gasteiger partial charge in [0, 0.05) is 43.6 Å². The number of unbranched alkanes of at least 4 members (excludes halogenated alkanes) is 1. The van der Waals surface area contributed by atoms with E-state index in [0.29, 0.717) is 35.1 Å². The number of nitrogens with one attached hydrogen (secondary N) is 3. The largest absolute Gasteiger partial charge is 0.457 e. The number of carbonyl (C=O) groups is 1. The molecule has 4 rings (SSSR count). The van der Waals surface area contributed by atoms with Crippen LogP contribution in [0, 0.1) is 0 Å². The zero-order valence-electron chi connectivity index (χ0n) is 25.7. The molecule has 3 N–H and O–H groups in total. The molecule has 14 heteroatoms. The molecule has 2 amide bonds. The number of ether oxygens (including phenoxy) is 1. The van der Waals surface area contributed by atoms with Gasteiger partial charge in [-0.25, -0.2) is 21.6 Å². The summed E-state index contributed by atoms with van der Waals surface area (Å²) in [6, 6.07) is 21.3. The topological polar surface area (TPSA) is 137 Å². The number of piperidine rings is 1. The van der Waals surface area contributed by atoms with Crippen molar-refractivity contribution in [2.75, 3.05) is 46.9 Å². The Balaban J connectivity index is 0.00000552. The highest BCUT2D eigenvalue weighted by Crippen LogP contribution is 2.26. The van der Waals surface area contributed by atoms with Gasteiger partial charge in [-0.05, 0) is 79.4 Å². The number of hydrogen-bond donors (Lipinski definition) is 3. The molecule has 0 bridgehead atoms. The van der Waals surface area contributed by atoms with Crippen LogP contribution in [0.2, 0.25) is 0 Å². The van der Waals surface area contributed by atoms with Crippen LogP contribution in [0.3, 0.4) is 0 Å². The van der Waals surface area contributed by atoms with Crippen molar-refractivity contribution in [1.82, 2.24) is 9.80 Å². The second-order valence-electron chi connectivity index (χ2n) is 11.1. The van der Waals surface area contributed by atoms with Crippen molar-refractivity contribution in [1.29, 1.82) is 0 Å². The first-order valence-electron chi connectivity index (χ1n) is 14.6. The molecule has 11 nitrogen and oxygen atoms in total. The van der Waals surface area contributed by atoms with Crippen LogP contribution in [0.25, 0.3) is 0 Å². The average molecular weight is 680 g/mol. The molecule has 246 valence electrons. The van der Waals surface area contributed by atoms with Gasteiger partial charge in [-0.1, -0.05) is 31.5 Å². The maximum absolute atomic E-state index is 13.3. The molecule has 0 aromatic heterocycles. The zero-order valence-corrected chi connectivity index (χ0v) is 28.2. The summed E-state index contributed by atoms with van der Waals surface area (Å²) in [5.74, 6) is 1.29. The summed E-state index contributed by atoms with van der Waals surface area (Å²) >= 11 is 0. The third kappa shape index (κ3) is 12.1. The summed E-state index contributed by atoms with van der Waals surface area (Å²) < 4.78 is 56.8. The van der Waals surface area contributed by atoms with E-state index in [2.05, 4.69) is 26.6 Å². The van der Waals surface area contributed by atoms with E-state index in [-0.39, 0.29) is 24.5 Å².